The van der Waals surface area contributed by atoms with Crippen LogP contribution in [0.5, 0.6) is 11.5 Å². The smallest absolute Gasteiger partial charge is 0.303 e. The number of aromatic nitrogens is 2. The predicted molar refractivity (Wildman–Crippen MR) is 182 cm³/mol. The lowest BCUT2D eigenvalue weighted by molar-refractivity contribution is -0.136. The number of fused-ring (bicyclic) bond motifs is 5. The maximum atomic E-state index is 15.5. The maximum Gasteiger partial charge on any atom is 0.303 e. The van der Waals surface area contributed by atoms with Gasteiger partial charge in [0.05, 0.1) is 11.8 Å². The van der Waals surface area contributed by atoms with Crippen LogP contribution in [0.4, 0.5) is 4.39 Å². The first-order valence-electron chi connectivity index (χ1n) is 15.2. The molecule has 1 aromatic carbocycles. The Bertz CT molecular complexity index is 1730. The first kappa shape index (κ1) is 32.7. The van der Waals surface area contributed by atoms with Gasteiger partial charge in [0, 0.05) is 57.8 Å². The van der Waals surface area contributed by atoms with Crippen molar-refractivity contribution in [2.45, 2.75) is 64.7 Å². The number of halogens is 1. The van der Waals surface area contributed by atoms with Crippen LogP contribution < -0.4 is 10.1 Å². The zero-order chi connectivity index (χ0) is 32.2. The number of rotatable bonds is 4. The number of aliphatic imine (C=N–C) groups is 1. The number of ether oxygens (including phenoxy) is 1. The van der Waals surface area contributed by atoms with Gasteiger partial charge in [-0.2, -0.15) is 11.8 Å². The average Bonchev–Trinajstić information content (AvgIpc) is 3.68. The highest BCUT2D eigenvalue weighted by Gasteiger charge is 2.35. The number of thiophene rings is 1. The molecule has 8 nitrogen and oxygen atoms in total. The van der Waals surface area contributed by atoms with Gasteiger partial charge in [-0.1, -0.05) is 20.3 Å². The van der Waals surface area contributed by atoms with Crippen molar-refractivity contribution < 1.29 is 19.0 Å². The molecule has 11 heteroatoms. The molecule has 4 heterocycles. The second-order valence-electron chi connectivity index (χ2n) is 12.5. The lowest BCUT2D eigenvalue weighted by Crippen LogP contribution is -2.33. The number of H-pyrrole nitrogens is 1. The van der Waals surface area contributed by atoms with Crippen LogP contribution in [0, 0.1) is 16.6 Å². The van der Waals surface area contributed by atoms with Crippen molar-refractivity contribution in [1.29, 1.82) is 5.41 Å². The summed E-state index contributed by atoms with van der Waals surface area (Å²) in [5.41, 5.74) is 1.39. The van der Waals surface area contributed by atoms with Crippen LogP contribution in [-0.2, 0) is 23.1 Å². The fourth-order valence-electron chi connectivity index (χ4n) is 5.69. The van der Waals surface area contributed by atoms with Crippen molar-refractivity contribution in [1.82, 2.24) is 15.3 Å². The summed E-state index contributed by atoms with van der Waals surface area (Å²) in [7, 11) is 1.73. The molecule has 4 N–H and O–H groups in total. The van der Waals surface area contributed by atoms with Gasteiger partial charge in [-0.05, 0) is 73.8 Å². The van der Waals surface area contributed by atoms with Gasteiger partial charge < -0.3 is 20.1 Å². The Morgan fingerprint density at radius 2 is 2.02 bits per heavy atom. The molecule has 0 amide bonds. The van der Waals surface area contributed by atoms with Crippen molar-refractivity contribution in [3.63, 3.8) is 0 Å². The zero-order valence-electron chi connectivity index (χ0n) is 26.1. The van der Waals surface area contributed by atoms with Crippen LogP contribution in [0.15, 0.2) is 53.8 Å². The van der Waals surface area contributed by atoms with E-state index in [1.807, 2.05) is 43.1 Å². The minimum Gasteiger partial charge on any atom is -0.481 e. The number of aliphatic carboxylic acids is 1. The summed E-state index contributed by atoms with van der Waals surface area (Å²) >= 11 is 3.41. The van der Waals surface area contributed by atoms with E-state index < -0.39 is 17.2 Å². The van der Waals surface area contributed by atoms with Gasteiger partial charge in [0.2, 0.25) is 0 Å². The van der Waals surface area contributed by atoms with Gasteiger partial charge in [-0.15, -0.1) is 11.3 Å². The van der Waals surface area contributed by atoms with Crippen molar-refractivity contribution in [3.05, 3.63) is 75.6 Å². The molecule has 0 saturated heterocycles. The van der Waals surface area contributed by atoms with Gasteiger partial charge in [0.1, 0.15) is 17.3 Å². The predicted octanol–water partition coefficient (Wildman–Crippen LogP) is 7.96. The van der Waals surface area contributed by atoms with E-state index in [2.05, 4.69) is 29.1 Å². The number of benzene rings is 1. The van der Waals surface area contributed by atoms with E-state index >= 15 is 4.39 Å². The van der Waals surface area contributed by atoms with E-state index in [4.69, 9.17) is 9.73 Å². The number of pyridine rings is 1. The SMILES string of the molecule is CN/C1=N\C(=N)C(C)(c2ccc(CCC(=O)O)s2)CCCC(C)(C)CSCCc2c(c(F)cc3[nH]ccc23)Oc2ccnc1c2. The molecule has 238 valence electrons. The summed E-state index contributed by atoms with van der Waals surface area (Å²) < 4.78 is 21.8. The van der Waals surface area contributed by atoms with E-state index in [0.29, 0.717) is 36.5 Å². The molecular formula is C34H40FN5O3S2. The van der Waals surface area contributed by atoms with E-state index in [0.717, 1.165) is 50.6 Å². The van der Waals surface area contributed by atoms with Crippen LogP contribution in [0.25, 0.3) is 10.9 Å². The molecule has 0 radical (unpaired) electrons. The third kappa shape index (κ3) is 7.58. The standard InChI is InChI=1S/C34H40FN5O3S2/c1-33(2)13-5-14-34(3,28-8-6-22(45-28)7-9-29(41)42)32(36)40-31(37-4)27-18-21(10-15-39-27)43-30-24(12-17-44-20-33)23-11-16-38-26(23)19-25(30)35/h6,8,10-11,15-16,18-19,38H,5,7,9,12-14,17,20H2,1-4H3,(H,41,42)(H2,36,37,40). The topological polar surface area (TPSA) is 123 Å². The van der Waals surface area contributed by atoms with Crippen molar-refractivity contribution in [2.24, 2.45) is 10.4 Å². The van der Waals surface area contributed by atoms with Crippen LogP contribution in [0.2, 0.25) is 0 Å². The van der Waals surface area contributed by atoms with Gasteiger partial charge in [-0.25, -0.2) is 9.38 Å². The molecule has 1 aliphatic heterocycles. The van der Waals surface area contributed by atoms with E-state index in [9.17, 15) is 15.3 Å². The lowest BCUT2D eigenvalue weighted by Gasteiger charge is -2.30. The molecule has 45 heavy (non-hydrogen) atoms. The Morgan fingerprint density at radius 1 is 1.20 bits per heavy atom. The van der Waals surface area contributed by atoms with Crippen molar-refractivity contribution in [3.8, 4) is 11.5 Å². The summed E-state index contributed by atoms with van der Waals surface area (Å²) in [5, 5.41) is 22.5. The molecule has 0 spiro atoms. The minimum absolute atomic E-state index is 0.0484. The first-order valence-corrected chi connectivity index (χ1v) is 17.1. The summed E-state index contributed by atoms with van der Waals surface area (Å²) in [6.45, 7) is 6.59. The number of carboxylic acid groups (broad SMARTS) is 1. The zero-order valence-corrected chi connectivity index (χ0v) is 27.8. The Kier molecular flexibility index (Phi) is 9.98. The molecule has 5 rings (SSSR count). The Balaban J connectivity index is 1.55. The Labute approximate surface area is 271 Å². The monoisotopic (exact) mass is 649 g/mol. The number of carbonyl (C=O) groups is 1. The largest absolute Gasteiger partial charge is 0.481 e. The van der Waals surface area contributed by atoms with E-state index in [-0.39, 0.29) is 23.4 Å². The molecule has 1 unspecified atom stereocenters. The van der Waals surface area contributed by atoms with E-state index in [1.165, 1.54) is 6.07 Å². The van der Waals surface area contributed by atoms with Gasteiger partial charge >= 0.3 is 5.97 Å². The lowest BCUT2D eigenvalue weighted by atomic mass is 9.79. The van der Waals surface area contributed by atoms with Crippen molar-refractivity contribution >= 4 is 51.6 Å². The molecule has 0 saturated carbocycles. The highest BCUT2D eigenvalue weighted by molar-refractivity contribution is 7.99. The van der Waals surface area contributed by atoms with Crippen LogP contribution in [0.1, 0.15) is 67.5 Å². The molecule has 0 fully saturated rings. The third-order valence-corrected chi connectivity index (χ3v) is 11.2. The second kappa shape index (κ2) is 13.7. The number of hydrogen-bond acceptors (Lipinski definition) is 7. The van der Waals surface area contributed by atoms with Crippen molar-refractivity contribution in [2.75, 3.05) is 18.6 Å². The van der Waals surface area contributed by atoms with Crippen LogP contribution >= 0.6 is 23.1 Å². The summed E-state index contributed by atoms with van der Waals surface area (Å²) in [5.74, 6) is 1.71. The summed E-state index contributed by atoms with van der Waals surface area (Å²) in [6, 6.07) is 10.8. The third-order valence-electron chi connectivity index (χ3n) is 8.35. The van der Waals surface area contributed by atoms with Gasteiger partial charge in [0.25, 0.3) is 0 Å². The van der Waals surface area contributed by atoms with Crippen LogP contribution in [0.3, 0.4) is 0 Å². The number of hydrogen-bond donors (Lipinski definition) is 4. The normalized spacial score (nSPS) is 20.7. The molecule has 4 aromatic rings. The number of aryl methyl sites for hydroxylation is 2. The number of aromatic amines is 1. The fourth-order valence-corrected chi connectivity index (χ4v) is 8.07. The quantitative estimate of drug-likeness (QED) is 0.178. The molecule has 1 aliphatic rings. The summed E-state index contributed by atoms with van der Waals surface area (Å²) in [6.07, 6.45) is 7.15. The molecule has 2 bridgehead atoms. The Morgan fingerprint density at radius 3 is 2.80 bits per heavy atom. The maximum absolute atomic E-state index is 15.5. The minimum atomic E-state index is -0.828. The Hall–Kier alpha value is -3.70. The second-order valence-corrected chi connectivity index (χ2v) is 14.7. The summed E-state index contributed by atoms with van der Waals surface area (Å²) in [4.78, 5) is 25.6. The number of thioether (sulfide) groups is 1. The first-order chi connectivity index (χ1) is 21.5. The average molecular weight is 650 g/mol. The van der Waals surface area contributed by atoms with E-state index in [1.54, 1.807) is 36.7 Å². The highest BCUT2D eigenvalue weighted by Crippen LogP contribution is 2.40. The number of nitrogens with one attached hydrogen (secondary N) is 3. The molecular weight excluding hydrogens is 610 g/mol. The van der Waals surface area contributed by atoms with Crippen LogP contribution in [-0.4, -0.2) is 51.3 Å². The van der Waals surface area contributed by atoms with Gasteiger partial charge in [-0.3, -0.25) is 15.2 Å². The fraction of sp³-hybridized carbons (Fsp3) is 0.412. The number of carboxylic acids is 1. The number of nitrogens with zero attached hydrogens (tertiary/aromatic N) is 2. The van der Waals surface area contributed by atoms with Gasteiger partial charge in [0.15, 0.2) is 17.4 Å². The number of amidine groups is 2. The highest BCUT2D eigenvalue weighted by atomic mass is 32.2. The molecule has 3 aromatic heterocycles. The molecule has 1 atom stereocenters. The molecule has 0 aliphatic carbocycles.